The molecule has 0 bridgehead atoms. The van der Waals surface area contributed by atoms with Gasteiger partial charge in [-0.25, -0.2) is 9.37 Å². The molecule has 1 atom stereocenters. The second kappa shape index (κ2) is 4.05. The van der Waals surface area contributed by atoms with Gasteiger partial charge < -0.3 is 4.74 Å². The van der Waals surface area contributed by atoms with Crippen LogP contribution in [0.3, 0.4) is 0 Å². The highest BCUT2D eigenvalue weighted by Crippen LogP contribution is 2.25. The number of nitrogens with zero attached hydrogens (tertiary/aromatic N) is 1. The Morgan fingerprint density at radius 3 is 2.62 bits per heavy atom. The number of aromatic nitrogens is 1. The number of hydrogen-bond acceptors (Lipinski definition) is 2. The normalized spacial score (nSPS) is 12.7. The topological polar surface area (TPSA) is 22.1 Å². The molecule has 1 heterocycles. The van der Waals surface area contributed by atoms with Gasteiger partial charge in [-0.15, -0.1) is 0 Å². The summed E-state index contributed by atoms with van der Waals surface area (Å²) in [5.41, 5.74) is 1.57. The lowest BCUT2D eigenvalue weighted by atomic mass is 10.2. The van der Waals surface area contributed by atoms with Crippen molar-refractivity contribution in [2.75, 3.05) is 0 Å². The number of aryl methyl sites for hydroxylation is 2. The zero-order valence-corrected chi connectivity index (χ0v) is 9.35. The third-order valence-corrected chi connectivity index (χ3v) is 1.98. The van der Waals surface area contributed by atoms with Gasteiger partial charge in [-0.2, -0.15) is 0 Å². The van der Waals surface area contributed by atoms with Gasteiger partial charge in [0, 0.05) is 6.92 Å². The molecule has 1 rings (SSSR count). The summed E-state index contributed by atoms with van der Waals surface area (Å²) in [6, 6.07) is 1.80. The molecule has 1 unspecified atom stereocenters. The van der Waals surface area contributed by atoms with Crippen molar-refractivity contribution in [1.29, 1.82) is 0 Å². The zero-order chi connectivity index (χ0) is 10.0. The molecular weight excluding hydrogens is 237 g/mol. The summed E-state index contributed by atoms with van der Waals surface area (Å²) in [4.78, 5) is 4.11. The molecule has 72 valence electrons. The minimum atomic E-state index is -1.31. The molecule has 0 amide bonds. The molecule has 0 spiro atoms. The van der Waals surface area contributed by atoms with Crippen molar-refractivity contribution in [3.63, 3.8) is 0 Å². The predicted molar refractivity (Wildman–Crippen MR) is 52.6 cm³/mol. The second-order valence-corrected chi connectivity index (χ2v) is 3.65. The van der Waals surface area contributed by atoms with Gasteiger partial charge in [-0.05, 0) is 41.4 Å². The van der Waals surface area contributed by atoms with Gasteiger partial charge in [0.15, 0.2) is 0 Å². The Morgan fingerprint density at radius 1 is 1.54 bits per heavy atom. The van der Waals surface area contributed by atoms with Crippen LogP contribution in [0, 0.1) is 13.8 Å². The van der Waals surface area contributed by atoms with Gasteiger partial charge in [-0.1, -0.05) is 0 Å². The summed E-state index contributed by atoms with van der Waals surface area (Å²) in [6.07, 6.45) is -1.31. The Bertz CT molecular complexity index is 291. The summed E-state index contributed by atoms with van der Waals surface area (Å²) >= 11 is 3.25. The Hall–Kier alpha value is -0.640. The first-order chi connectivity index (χ1) is 6.00. The van der Waals surface area contributed by atoms with Gasteiger partial charge in [0.1, 0.15) is 10.4 Å². The highest BCUT2D eigenvalue weighted by Gasteiger charge is 2.09. The number of ether oxygens (including phenoxy) is 1. The fraction of sp³-hybridized carbons (Fsp3) is 0.444. The molecule has 13 heavy (non-hydrogen) atoms. The summed E-state index contributed by atoms with van der Waals surface area (Å²) in [5, 5.41) is 0. The number of alkyl halides is 1. The first-order valence-electron chi connectivity index (χ1n) is 3.95. The van der Waals surface area contributed by atoms with Crippen LogP contribution in [-0.2, 0) is 0 Å². The Morgan fingerprint density at radius 2 is 2.15 bits per heavy atom. The van der Waals surface area contributed by atoms with Crippen molar-refractivity contribution in [3.8, 4) is 5.75 Å². The van der Waals surface area contributed by atoms with Crippen molar-refractivity contribution in [3.05, 3.63) is 21.9 Å². The molecule has 0 N–H and O–H groups in total. The Labute approximate surface area is 85.3 Å². The monoisotopic (exact) mass is 247 g/mol. The smallest absolute Gasteiger partial charge is 0.235 e. The fourth-order valence-corrected chi connectivity index (χ4v) is 1.72. The predicted octanol–water partition coefficient (Wildman–Crippen LogP) is 3.16. The summed E-state index contributed by atoms with van der Waals surface area (Å²) in [7, 11) is 0. The fourth-order valence-electron chi connectivity index (χ4n) is 1.11. The quantitative estimate of drug-likeness (QED) is 0.750. The lowest BCUT2D eigenvalue weighted by molar-refractivity contribution is 0.0839. The number of halogens is 2. The summed E-state index contributed by atoms with van der Waals surface area (Å²) in [5.74, 6) is 0.526. The maximum atomic E-state index is 12.6. The van der Waals surface area contributed by atoms with E-state index < -0.39 is 6.36 Å². The Kier molecular flexibility index (Phi) is 3.25. The van der Waals surface area contributed by atoms with Crippen LogP contribution >= 0.6 is 15.9 Å². The molecule has 0 aromatic carbocycles. The van der Waals surface area contributed by atoms with Crippen LogP contribution in [-0.4, -0.2) is 11.3 Å². The second-order valence-electron chi connectivity index (χ2n) is 2.84. The van der Waals surface area contributed by atoms with Crippen LogP contribution in [0.25, 0.3) is 0 Å². The van der Waals surface area contributed by atoms with E-state index in [0.29, 0.717) is 11.4 Å². The van der Waals surface area contributed by atoms with Crippen molar-refractivity contribution < 1.29 is 9.13 Å². The largest absolute Gasteiger partial charge is 0.459 e. The number of rotatable bonds is 2. The third-order valence-electron chi connectivity index (χ3n) is 1.58. The van der Waals surface area contributed by atoms with E-state index in [4.69, 9.17) is 4.74 Å². The van der Waals surface area contributed by atoms with Gasteiger partial charge >= 0.3 is 0 Å². The molecule has 0 aliphatic carbocycles. The van der Waals surface area contributed by atoms with E-state index in [9.17, 15) is 4.39 Å². The molecule has 1 aromatic rings. The average molecular weight is 248 g/mol. The van der Waals surface area contributed by atoms with Crippen LogP contribution in [0.5, 0.6) is 5.75 Å². The third kappa shape index (κ3) is 2.66. The van der Waals surface area contributed by atoms with Gasteiger partial charge in [0.25, 0.3) is 0 Å². The Balaban J connectivity index is 3.06. The van der Waals surface area contributed by atoms with Crippen molar-refractivity contribution in [2.45, 2.75) is 27.1 Å². The molecule has 0 radical (unpaired) electrons. The maximum Gasteiger partial charge on any atom is 0.235 e. The summed E-state index contributed by atoms with van der Waals surface area (Å²) in [6.45, 7) is 4.99. The van der Waals surface area contributed by atoms with Crippen molar-refractivity contribution in [1.82, 2.24) is 4.98 Å². The molecule has 0 aliphatic rings. The van der Waals surface area contributed by atoms with E-state index in [1.165, 1.54) is 6.92 Å². The molecule has 0 saturated carbocycles. The first kappa shape index (κ1) is 10.4. The van der Waals surface area contributed by atoms with Crippen molar-refractivity contribution in [2.24, 2.45) is 0 Å². The molecule has 1 aromatic heterocycles. The standard InChI is InChI=1S/C9H11BrFNO/c1-5-4-8(10)12-6(2)9(5)13-7(3)11/h4,7H,1-3H3. The number of pyridine rings is 1. The lowest BCUT2D eigenvalue weighted by Gasteiger charge is -2.12. The van der Waals surface area contributed by atoms with E-state index >= 15 is 0 Å². The highest BCUT2D eigenvalue weighted by atomic mass is 79.9. The van der Waals surface area contributed by atoms with Gasteiger partial charge in [-0.3, -0.25) is 0 Å². The van der Waals surface area contributed by atoms with Crippen LogP contribution < -0.4 is 4.74 Å². The summed E-state index contributed by atoms with van der Waals surface area (Å²) < 4.78 is 18.3. The number of hydrogen-bond donors (Lipinski definition) is 0. The minimum absolute atomic E-state index is 0.526. The average Bonchev–Trinajstić information content (AvgIpc) is 1.96. The molecular formula is C9H11BrFNO. The van der Waals surface area contributed by atoms with Gasteiger partial charge in [0.2, 0.25) is 6.36 Å². The van der Waals surface area contributed by atoms with E-state index in [2.05, 4.69) is 20.9 Å². The SMILES string of the molecule is Cc1cc(Br)nc(C)c1OC(C)F. The maximum absolute atomic E-state index is 12.6. The van der Waals surface area contributed by atoms with Crippen molar-refractivity contribution >= 4 is 15.9 Å². The van der Waals surface area contributed by atoms with E-state index in [1.54, 1.807) is 13.0 Å². The van der Waals surface area contributed by atoms with Gasteiger partial charge in [0.05, 0.1) is 5.69 Å². The molecule has 2 nitrogen and oxygen atoms in total. The van der Waals surface area contributed by atoms with Crippen LogP contribution in [0.2, 0.25) is 0 Å². The van der Waals surface area contributed by atoms with E-state index in [1.807, 2.05) is 6.92 Å². The highest BCUT2D eigenvalue weighted by molar-refractivity contribution is 9.10. The first-order valence-corrected chi connectivity index (χ1v) is 4.74. The minimum Gasteiger partial charge on any atom is -0.459 e. The van der Waals surface area contributed by atoms with Crippen LogP contribution in [0.1, 0.15) is 18.2 Å². The van der Waals surface area contributed by atoms with Crippen LogP contribution in [0.15, 0.2) is 10.7 Å². The lowest BCUT2D eigenvalue weighted by Crippen LogP contribution is -2.07. The van der Waals surface area contributed by atoms with E-state index in [0.717, 1.165) is 10.2 Å². The zero-order valence-electron chi connectivity index (χ0n) is 7.77. The molecule has 0 aliphatic heterocycles. The van der Waals surface area contributed by atoms with E-state index in [-0.39, 0.29) is 0 Å². The van der Waals surface area contributed by atoms with Crippen LogP contribution in [0.4, 0.5) is 4.39 Å². The molecule has 0 saturated heterocycles. The molecule has 4 heteroatoms. The molecule has 0 fully saturated rings.